The van der Waals surface area contributed by atoms with Crippen LogP contribution in [0.4, 0.5) is 0 Å². The monoisotopic (exact) mass is 173 g/mol. The smallest absolute Gasteiger partial charge is 0.322 e. The highest BCUT2D eigenvalue weighted by atomic mass is 16.5. The second-order valence-electron chi connectivity index (χ2n) is 3.36. The fourth-order valence-corrected chi connectivity index (χ4v) is 0.638. The fraction of sp³-hybridized carbons (Fsp3) is 0.889. The first-order valence-corrected chi connectivity index (χ1v) is 4.41. The zero-order valence-corrected chi connectivity index (χ0v) is 8.39. The molecule has 0 spiro atoms. The lowest BCUT2D eigenvalue weighted by molar-refractivity contribution is -0.145. The third-order valence-corrected chi connectivity index (χ3v) is 1.73. The standard InChI is InChI=1S/C9H19NO2/c1-7(2)5-6-12-9(11)8(3)10-4/h7-8,10H,5-6H2,1-4H3. The van der Waals surface area contributed by atoms with E-state index in [1.54, 1.807) is 14.0 Å². The van der Waals surface area contributed by atoms with Gasteiger partial charge in [0.2, 0.25) is 0 Å². The van der Waals surface area contributed by atoms with Crippen molar-refractivity contribution in [2.75, 3.05) is 13.7 Å². The van der Waals surface area contributed by atoms with E-state index in [0.717, 1.165) is 6.42 Å². The Balaban J connectivity index is 3.44. The molecule has 0 radical (unpaired) electrons. The van der Waals surface area contributed by atoms with Crippen molar-refractivity contribution in [3.63, 3.8) is 0 Å². The van der Waals surface area contributed by atoms with Crippen molar-refractivity contribution in [1.82, 2.24) is 5.32 Å². The molecule has 0 saturated carbocycles. The molecule has 0 aliphatic rings. The fourth-order valence-electron chi connectivity index (χ4n) is 0.638. The van der Waals surface area contributed by atoms with Gasteiger partial charge in [0.25, 0.3) is 0 Å². The summed E-state index contributed by atoms with van der Waals surface area (Å²) in [6.07, 6.45) is 0.933. The summed E-state index contributed by atoms with van der Waals surface area (Å²) in [5, 5.41) is 2.83. The second kappa shape index (κ2) is 6.00. The van der Waals surface area contributed by atoms with E-state index >= 15 is 0 Å². The molecule has 0 rings (SSSR count). The van der Waals surface area contributed by atoms with Gasteiger partial charge in [-0.25, -0.2) is 0 Å². The predicted molar refractivity (Wildman–Crippen MR) is 48.9 cm³/mol. The van der Waals surface area contributed by atoms with Crippen molar-refractivity contribution in [3.8, 4) is 0 Å². The first-order chi connectivity index (χ1) is 5.57. The maximum Gasteiger partial charge on any atom is 0.322 e. The summed E-state index contributed by atoms with van der Waals surface area (Å²) in [6, 6.07) is -0.197. The Morgan fingerprint density at radius 2 is 2.00 bits per heavy atom. The van der Waals surface area contributed by atoms with E-state index in [0.29, 0.717) is 12.5 Å². The van der Waals surface area contributed by atoms with Gasteiger partial charge in [0.15, 0.2) is 0 Å². The van der Waals surface area contributed by atoms with Crippen LogP contribution >= 0.6 is 0 Å². The Hall–Kier alpha value is -0.570. The average molecular weight is 173 g/mol. The molecular weight excluding hydrogens is 154 g/mol. The van der Waals surface area contributed by atoms with E-state index in [1.807, 2.05) is 0 Å². The molecule has 3 nitrogen and oxygen atoms in total. The molecule has 12 heavy (non-hydrogen) atoms. The number of nitrogens with one attached hydrogen (secondary N) is 1. The second-order valence-corrected chi connectivity index (χ2v) is 3.36. The third kappa shape index (κ3) is 5.13. The van der Waals surface area contributed by atoms with Gasteiger partial charge < -0.3 is 10.1 Å². The number of carbonyl (C=O) groups is 1. The topological polar surface area (TPSA) is 38.3 Å². The molecule has 0 aliphatic heterocycles. The maximum absolute atomic E-state index is 11.1. The Kier molecular flexibility index (Phi) is 5.72. The molecule has 72 valence electrons. The van der Waals surface area contributed by atoms with Crippen molar-refractivity contribution in [2.45, 2.75) is 33.2 Å². The van der Waals surface area contributed by atoms with Crippen molar-refractivity contribution >= 4 is 5.97 Å². The summed E-state index contributed by atoms with van der Waals surface area (Å²) >= 11 is 0. The van der Waals surface area contributed by atoms with E-state index in [2.05, 4.69) is 19.2 Å². The summed E-state index contributed by atoms with van der Waals surface area (Å²) in [5.41, 5.74) is 0. The number of esters is 1. The van der Waals surface area contributed by atoms with E-state index < -0.39 is 0 Å². The summed E-state index contributed by atoms with van der Waals surface area (Å²) < 4.78 is 5.00. The third-order valence-electron chi connectivity index (χ3n) is 1.73. The van der Waals surface area contributed by atoms with E-state index in [9.17, 15) is 4.79 Å². The molecule has 3 heteroatoms. The van der Waals surface area contributed by atoms with Gasteiger partial charge in [-0.05, 0) is 26.3 Å². The van der Waals surface area contributed by atoms with Gasteiger partial charge in [0.1, 0.15) is 6.04 Å². The van der Waals surface area contributed by atoms with Crippen molar-refractivity contribution in [1.29, 1.82) is 0 Å². The highest BCUT2D eigenvalue weighted by Crippen LogP contribution is 1.99. The minimum Gasteiger partial charge on any atom is -0.465 e. The van der Waals surface area contributed by atoms with Crippen LogP contribution < -0.4 is 5.32 Å². The number of carbonyl (C=O) groups excluding carboxylic acids is 1. The van der Waals surface area contributed by atoms with Gasteiger partial charge in [-0.15, -0.1) is 0 Å². The van der Waals surface area contributed by atoms with Gasteiger partial charge >= 0.3 is 5.97 Å². The summed E-state index contributed by atoms with van der Waals surface area (Å²) in [7, 11) is 1.74. The van der Waals surface area contributed by atoms with Crippen LogP contribution in [-0.4, -0.2) is 25.7 Å². The highest BCUT2D eigenvalue weighted by molar-refractivity contribution is 5.75. The number of likely N-dealkylation sites (N-methyl/N-ethyl adjacent to an activating group) is 1. The van der Waals surface area contributed by atoms with Crippen LogP contribution in [0.25, 0.3) is 0 Å². The molecule has 1 unspecified atom stereocenters. The lowest BCUT2D eigenvalue weighted by atomic mass is 10.1. The molecule has 1 N–H and O–H groups in total. The van der Waals surface area contributed by atoms with Crippen LogP contribution in [0.15, 0.2) is 0 Å². The highest BCUT2D eigenvalue weighted by Gasteiger charge is 2.10. The van der Waals surface area contributed by atoms with Gasteiger partial charge in [0, 0.05) is 0 Å². The number of hydrogen-bond donors (Lipinski definition) is 1. The molecule has 0 heterocycles. The van der Waals surface area contributed by atoms with Crippen molar-refractivity contribution in [3.05, 3.63) is 0 Å². The van der Waals surface area contributed by atoms with Crippen LogP contribution in [0.1, 0.15) is 27.2 Å². The molecule has 1 atom stereocenters. The van der Waals surface area contributed by atoms with E-state index in [1.165, 1.54) is 0 Å². The Labute approximate surface area is 74.5 Å². The van der Waals surface area contributed by atoms with Crippen molar-refractivity contribution < 1.29 is 9.53 Å². The summed E-state index contributed by atoms with van der Waals surface area (Å²) in [5.74, 6) is 0.417. The average Bonchev–Trinajstić information content (AvgIpc) is 2.02. The first kappa shape index (κ1) is 11.4. The lowest BCUT2D eigenvalue weighted by Gasteiger charge is -2.10. The first-order valence-electron chi connectivity index (χ1n) is 4.41. The molecule has 0 aromatic rings. The lowest BCUT2D eigenvalue weighted by Crippen LogP contribution is -2.32. The van der Waals surface area contributed by atoms with Crippen LogP contribution in [0.3, 0.4) is 0 Å². The minimum absolute atomic E-state index is 0.168. The quantitative estimate of drug-likeness (QED) is 0.634. The number of rotatable bonds is 5. The Morgan fingerprint density at radius 3 is 2.42 bits per heavy atom. The van der Waals surface area contributed by atoms with Crippen LogP contribution in [0, 0.1) is 5.92 Å². The van der Waals surface area contributed by atoms with Crippen LogP contribution in [-0.2, 0) is 9.53 Å². The largest absolute Gasteiger partial charge is 0.465 e. The molecular formula is C9H19NO2. The zero-order chi connectivity index (χ0) is 9.56. The van der Waals surface area contributed by atoms with E-state index in [4.69, 9.17) is 4.74 Å². The Morgan fingerprint density at radius 1 is 1.42 bits per heavy atom. The zero-order valence-electron chi connectivity index (χ0n) is 8.39. The number of ether oxygens (including phenoxy) is 1. The predicted octanol–water partition coefficient (Wildman–Crippen LogP) is 1.18. The molecule has 0 fully saturated rings. The molecule has 0 amide bonds. The minimum atomic E-state index is -0.197. The van der Waals surface area contributed by atoms with Gasteiger partial charge in [0.05, 0.1) is 6.61 Å². The van der Waals surface area contributed by atoms with Crippen LogP contribution in [0.5, 0.6) is 0 Å². The van der Waals surface area contributed by atoms with Crippen LogP contribution in [0.2, 0.25) is 0 Å². The molecule has 0 aromatic carbocycles. The molecule has 0 aliphatic carbocycles. The van der Waals surface area contributed by atoms with Gasteiger partial charge in [-0.1, -0.05) is 13.8 Å². The molecule has 0 bridgehead atoms. The maximum atomic E-state index is 11.1. The molecule has 0 aromatic heterocycles. The summed E-state index contributed by atoms with van der Waals surface area (Å²) in [4.78, 5) is 11.1. The molecule has 0 saturated heterocycles. The summed E-state index contributed by atoms with van der Waals surface area (Å²) in [6.45, 7) is 6.53. The SMILES string of the molecule is CNC(C)C(=O)OCCC(C)C. The van der Waals surface area contributed by atoms with Gasteiger partial charge in [-0.3, -0.25) is 4.79 Å². The van der Waals surface area contributed by atoms with Crippen molar-refractivity contribution in [2.24, 2.45) is 5.92 Å². The van der Waals surface area contributed by atoms with E-state index in [-0.39, 0.29) is 12.0 Å². The Bertz CT molecular complexity index is 134. The number of hydrogen-bond acceptors (Lipinski definition) is 3. The normalized spacial score (nSPS) is 13.1. The van der Waals surface area contributed by atoms with Gasteiger partial charge in [-0.2, -0.15) is 0 Å².